The highest BCUT2D eigenvalue weighted by atomic mass is 32.2. The van der Waals surface area contributed by atoms with Crippen molar-refractivity contribution in [2.45, 2.75) is 30.6 Å². The molecule has 0 saturated heterocycles. The highest BCUT2D eigenvalue weighted by Gasteiger charge is 2.24. The van der Waals surface area contributed by atoms with Crippen LogP contribution in [-0.2, 0) is 0 Å². The van der Waals surface area contributed by atoms with Gasteiger partial charge in [0.05, 0.1) is 7.11 Å². The zero-order valence-corrected chi connectivity index (χ0v) is 10.5. The molecular weight excluding hydrogens is 222 g/mol. The number of nitrogens with zero attached hydrogens (tertiary/aromatic N) is 2. The minimum atomic E-state index is 0.504. The number of anilines is 1. The van der Waals surface area contributed by atoms with Gasteiger partial charge in [0.2, 0.25) is 11.8 Å². The van der Waals surface area contributed by atoms with Crippen LogP contribution in [0.4, 0.5) is 5.95 Å². The maximum atomic E-state index is 5.07. The van der Waals surface area contributed by atoms with Crippen molar-refractivity contribution in [2.75, 3.05) is 18.7 Å². The van der Waals surface area contributed by atoms with Gasteiger partial charge in [0.1, 0.15) is 0 Å². The van der Waals surface area contributed by atoms with E-state index in [0.717, 1.165) is 5.25 Å². The molecule has 0 bridgehead atoms. The number of nitrogens with one attached hydrogen (secondary N) is 1. The Hall–Kier alpha value is -0.970. The number of rotatable bonds is 4. The Labute approximate surface area is 100 Å². The molecule has 0 radical (unpaired) electrons. The quantitative estimate of drug-likeness (QED) is 0.872. The molecule has 0 spiro atoms. The second kappa shape index (κ2) is 5.39. The molecule has 4 nitrogen and oxygen atoms in total. The van der Waals surface area contributed by atoms with Crippen molar-refractivity contribution in [1.82, 2.24) is 9.97 Å². The van der Waals surface area contributed by atoms with Gasteiger partial charge in [0.15, 0.2) is 0 Å². The molecule has 1 heterocycles. The van der Waals surface area contributed by atoms with Gasteiger partial charge in [-0.1, -0.05) is 0 Å². The normalized spacial score (nSPS) is 24.4. The molecule has 0 amide bonds. The van der Waals surface area contributed by atoms with Gasteiger partial charge in [-0.25, -0.2) is 4.98 Å². The lowest BCUT2D eigenvalue weighted by Crippen LogP contribution is -2.17. The number of ether oxygens (including phenoxy) is 1. The van der Waals surface area contributed by atoms with E-state index < -0.39 is 0 Å². The Morgan fingerprint density at radius 1 is 1.50 bits per heavy atom. The van der Waals surface area contributed by atoms with Gasteiger partial charge in [-0.3, -0.25) is 0 Å². The summed E-state index contributed by atoms with van der Waals surface area (Å²) in [4.78, 5) is 8.45. The minimum Gasteiger partial charge on any atom is -0.481 e. The molecule has 0 aromatic carbocycles. The Morgan fingerprint density at radius 3 is 3.06 bits per heavy atom. The lowest BCUT2D eigenvalue weighted by molar-refractivity contribution is 0.397. The smallest absolute Gasteiger partial charge is 0.226 e. The van der Waals surface area contributed by atoms with Crippen molar-refractivity contribution in [2.24, 2.45) is 0 Å². The first-order valence-corrected chi connectivity index (χ1v) is 6.77. The van der Waals surface area contributed by atoms with Crippen LogP contribution in [0.15, 0.2) is 12.3 Å². The molecule has 1 saturated carbocycles. The number of aromatic nitrogens is 2. The first-order chi connectivity index (χ1) is 7.81. The predicted molar refractivity (Wildman–Crippen MR) is 67.1 cm³/mol. The highest BCUT2D eigenvalue weighted by Crippen LogP contribution is 2.29. The van der Waals surface area contributed by atoms with Crippen LogP contribution in [0, 0.1) is 0 Å². The van der Waals surface area contributed by atoms with Crippen LogP contribution in [0.3, 0.4) is 0 Å². The lowest BCUT2D eigenvalue weighted by atomic mass is 10.2. The maximum Gasteiger partial charge on any atom is 0.226 e. The monoisotopic (exact) mass is 239 g/mol. The molecule has 2 atom stereocenters. The summed E-state index contributed by atoms with van der Waals surface area (Å²) >= 11 is 1.95. The molecule has 1 fully saturated rings. The molecule has 16 heavy (non-hydrogen) atoms. The molecule has 0 aliphatic heterocycles. The Bertz CT molecular complexity index is 348. The van der Waals surface area contributed by atoms with Crippen LogP contribution in [0.25, 0.3) is 0 Å². The molecule has 1 N–H and O–H groups in total. The summed E-state index contributed by atoms with van der Waals surface area (Å²) in [7, 11) is 1.62. The first-order valence-electron chi connectivity index (χ1n) is 5.48. The van der Waals surface area contributed by atoms with Gasteiger partial charge in [-0.05, 0) is 25.5 Å². The van der Waals surface area contributed by atoms with Crippen LogP contribution in [0.2, 0.25) is 0 Å². The number of hydrogen-bond donors (Lipinski definition) is 1. The van der Waals surface area contributed by atoms with Crippen molar-refractivity contribution in [1.29, 1.82) is 0 Å². The molecule has 2 rings (SSSR count). The second-order valence-corrected chi connectivity index (χ2v) is 5.07. The third kappa shape index (κ3) is 2.78. The summed E-state index contributed by atoms with van der Waals surface area (Å²) in [5.74, 6) is 1.28. The molecule has 1 aromatic heterocycles. The average molecular weight is 239 g/mol. The second-order valence-electron chi connectivity index (χ2n) is 3.93. The van der Waals surface area contributed by atoms with Gasteiger partial charge in [-0.15, -0.1) is 0 Å². The third-order valence-electron chi connectivity index (χ3n) is 2.89. The van der Waals surface area contributed by atoms with Gasteiger partial charge in [0.25, 0.3) is 0 Å². The van der Waals surface area contributed by atoms with E-state index in [4.69, 9.17) is 4.74 Å². The van der Waals surface area contributed by atoms with Crippen LogP contribution in [0.5, 0.6) is 5.88 Å². The first kappa shape index (κ1) is 11.5. The number of methoxy groups -OCH3 is 1. The average Bonchev–Trinajstić information content (AvgIpc) is 2.77. The van der Waals surface area contributed by atoms with E-state index in [1.54, 1.807) is 19.4 Å². The van der Waals surface area contributed by atoms with Gasteiger partial charge in [0, 0.05) is 23.6 Å². The van der Waals surface area contributed by atoms with Crippen molar-refractivity contribution in [3.8, 4) is 5.88 Å². The van der Waals surface area contributed by atoms with Crippen LogP contribution in [0.1, 0.15) is 19.3 Å². The molecule has 1 aromatic rings. The van der Waals surface area contributed by atoms with E-state index in [0.29, 0.717) is 17.9 Å². The Kier molecular flexibility index (Phi) is 3.88. The fourth-order valence-electron chi connectivity index (χ4n) is 1.99. The number of thioether (sulfide) groups is 1. The van der Waals surface area contributed by atoms with Crippen molar-refractivity contribution < 1.29 is 4.74 Å². The maximum absolute atomic E-state index is 5.07. The standard InChI is InChI=1S/C11H17N3OS/c1-15-10-5-6-12-11(14-10)13-8-3-4-9(7-8)16-2/h5-6,8-9H,3-4,7H2,1-2H3,(H,12,13,14). The minimum absolute atomic E-state index is 0.504. The van der Waals surface area contributed by atoms with Crippen LogP contribution >= 0.6 is 11.8 Å². The summed E-state index contributed by atoms with van der Waals surface area (Å²) in [5.41, 5.74) is 0. The summed E-state index contributed by atoms with van der Waals surface area (Å²) in [6.07, 6.45) is 7.57. The number of hydrogen-bond acceptors (Lipinski definition) is 5. The summed E-state index contributed by atoms with van der Waals surface area (Å²) in [6.45, 7) is 0. The van der Waals surface area contributed by atoms with Crippen LogP contribution in [-0.4, -0.2) is 34.6 Å². The molecular formula is C11H17N3OS. The third-order valence-corrected chi connectivity index (χ3v) is 3.99. The zero-order valence-electron chi connectivity index (χ0n) is 9.64. The topological polar surface area (TPSA) is 47.0 Å². The van der Waals surface area contributed by atoms with E-state index in [1.807, 2.05) is 11.8 Å². The predicted octanol–water partition coefficient (Wildman–Crippen LogP) is 2.18. The largest absolute Gasteiger partial charge is 0.481 e. The molecule has 2 unspecified atom stereocenters. The van der Waals surface area contributed by atoms with E-state index >= 15 is 0 Å². The summed E-state index contributed by atoms with van der Waals surface area (Å²) in [5, 5.41) is 4.14. The van der Waals surface area contributed by atoms with E-state index in [2.05, 4.69) is 21.5 Å². The van der Waals surface area contributed by atoms with Crippen molar-refractivity contribution in [3.05, 3.63) is 12.3 Å². The molecule has 5 heteroatoms. The Balaban J connectivity index is 1.94. The fraction of sp³-hybridized carbons (Fsp3) is 0.636. The summed E-state index contributed by atoms with van der Waals surface area (Å²) in [6, 6.07) is 2.26. The van der Waals surface area contributed by atoms with Gasteiger partial charge >= 0.3 is 0 Å². The SMILES string of the molecule is COc1ccnc(NC2CCC(SC)C2)n1. The summed E-state index contributed by atoms with van der Waals surface area (Å²) < 4.78 is 5.07. The fourth-order valence-corrected chi connectivity index (χ4v) is 2.79. The molecule has 1 aliphatic carbocycles. The Morgan fingerprint density at radius 2 is 2.38 bits per heavy atom. The molecule has 88 valence electrons. The lowest BCUT2D eigenvalue weighted by Gasteiger charge is -2.12. The van der Waals surface area contributed by atoms with Gasteiger partial charge in [-0.2, -0.15) is 16.7 Å². The zero-order chi connectivity index (χ0) is 11.4. The van der Waals surface area contributed by atoms with E-state index in [1.165, 1.54) is 19.3 Å². The van der Waals surface area contributed by atoms with Crippen LogP contribution < -0.4 is 10.1 Å². The molecule has 1 aliphatic rings. The highest BCUT2D eigenvalue weighted by molar-refractivity contribution is 7.99. The van der Waals surface area contributed by atoms with E-state index in [9.17, 15) is 0 Å². The van der Waals surface area contributed by atoms with Crippen molar-refractivity contribution in [3.63, 3.8) is 0 Å². The van der Waals surface area contributed by atoms with E-state index in [-0.39, 0.29) is 0 Å². The van der Waals surface area contributed by atoms with Crippen molar-refractivity contribution >= 4 is 17.7 Å². The van der Waals surface area contributed by atoms with Gasteiger partial charge < -0.3 is 10.1 Å².